The van der Waals surface area contributed by atoms with Crippen LogP contribution in [0.1, 0.15) is 6.42 Å². The second-order valence-corrected chi connectivity index (χ2v) is 6.86. The molecule has 0 bridgehead atoms. The van der Waals surface area contributed by atoms with Gasteiger partial charge in [0.2, 0.25) is 10.0 Å². The summed E-state index contributed by atoms with van der Waals surface area (Å²) >= 11 is 0. The highest BCUT2D eigenvalue weighted by Gasteiger charge is 2.30. The minimum atomic E-state index is -3.41. The van der Waals surface area contributed by atoms with Crippen LogP contribution in [0, 0.1) is 0 Å². The second kappa shape index (κ2) is 4.59. The summed E-state index contributed by atoms with van der Waals surface area (Å²) < 4.78 is 26.5. The van der Waals surface area contributed by atoms with Gasteiger partial charge in [-0.05, 0) is 29.3 Å². The molecule has 0 saturated carbocycles. The largest absolute Gasteiger partial charge is 0.326 e. The van der Waals surface area contributed by atoms with E-state index < -0.39 is 10.0 Å². The minimum Gasteiger partial charge on any atom is -0.326 e. The molecule has 4 nitrogen and oxygen atoms in total. The molecule has 0 radical (unpaired) electrons. The zero-order valence-electron chi connectivity index (χ0n) is 10.5. The fourth-order valence-corrected chi connectivity index (χ4v) is 4.00. The zero-order valence-corrected chi connectivity index (χ0v) is 11.3. The molecule has 0 amide bonds. The van der Waals surface area contributed by atoms with Crippen molar-refractivity contribution in [1.29, 1.82) is 0 Å². The Hall–Kier alpha value is -1.43. The smallest absolute Gasteiger partial charge is 0.243 e. The van der Waals surface area contributed by atoms with Crippen LogP contribution in [-0.4, -0.2) is 31.9 Å². The molecule has 1 aliphatic rings. The number of hydrogen-bond donors (Lipinski definition) is 1. The summed E-state index contributed by atoms with van der Waals surface area (Å²) in [6.07, 6.45) is 0.729. The van der Waals surface area contributed by atoms with Crippen LogP contribution in [0.25, 0.3) is 10.8 Å². The van der Waals surface area contributed by atoms with Gasteiger partial charge in [-0.3, -0.25) is 0 Å². The molecule has 1 aliphatic heterocycles. The third kappa shape index (κ3) is 2.25. The molecule has 2 aromatic rings. The Morgan fingerprint density at radius 3 is 2.53 bits per heavy atom. The average Bonchev–Trinajstić information content (AvgIpc) is 2.85. The van der Waals surface area contributed by atoms with Crippen molar-refractivity contribution in [1.82, 2.24) is 4.31 Å². The molecule has 100 valence electrons. The van der Waals surface area contributed by atoms with E-state index in [2.05, 4.69) is 0 Å². The maximum absolute atomic E-state index is 12.5. The Morgan fingerprint density at radius 2 is 1.84 bits per heavy atom. The van der Waals surface area contributed by atoms with Crippen molar-refractivity contribution in [3.05, 3.63) is 42.5 Å². The molecule has 19 heavy (non-hydrogen) atoms. The molecule has 0 aromatic heterocycles. The highest BCUT2D eigenvalue weighted by atomic mass is 32.2. The van der Waals surface area contributed by atoms with Gasteiger partial charge in [-0.25, -0.2) is 8.42 Å². The van der Waals surface area contributed by atoms with Gasteiger partial charge in [-0.1, -0.05) is 30.3 Å². The Balaban J connectivity index is 2.03. The van der Waals surface area contributed by atoms with Crippen LogP contribution in [0.2, 0.25) is 0 Å². The lowest BCUT2D eigenvalue weighted by molar-refractivity contribution is 0.472. The van der Waals surface area contributed by atoms with Crippen molar-refractivity contribution in [3.63, 3.8) is 0 Å². The first-order valence-corrected chi connectivity index (χ1v) is 7.76. The van der Waals surface area contributed by atoms with Crippen LogP contribution >= 0.6 is 0 Å². The minimum absolute atomic E-state index is 0.0461. The molecule has 3 rings (SSSR count). The van der Waals surface area contributed by atoms with Crippen molar-refractivity contribution >= 4 is 20.8 Å². The fourth-order valence-electron chi connectivity index (χ4n) is 2.45. The predicted molar refractivity (Wildman–Crippen MR) is 75.3 cm³/mol. The molecule has 2 N–H and O–H groups in total. The maximum atomic E-state index is 12.5. The van der Waals surface area contributed by atoms with E-state index in [1.54, 1.807) is 12.1 Å². The number of fused-ring (bicyclic) bond motifs is 1. The molecule has 0 spiro atoms. The predicted octanol–water partition coefficient (Wildman–Crippen LogP) is 1.56. The normalized spacial score (nSPS) is 21.0. The van der Waals surface area contributed by atoms with Gasteiger partial charge in [0, 0.05) is 19.1 Å². The first kappa shape index (κ1) is 12.6. The SMILES string of the molecule is N[C@H]1CCN(S(=O)(=O)c2ccc3ccccc3c2)C1. The fraction of sp³-hybridized carbons (Fsp3) is 0.286. The maximum Gasteiger partial charge on any atom is 0.243 e. The Morgan fingerprint density at radius 1 is 1.11 bits per heavy atom. The van der Waals surface area contributed by atoms with E-state index in [1.165, 1.54) is 4.31 Å². The van der Waals surface area contributed by atoms with Crippen molar-refractivity contribution < 1.29 is 8.42 Å². The quantitative estimate of drug-likeness (QED) is 0.905. The van der Waals surface area contributed by atoms with E-state index in [0.717, 1.165) is 17.2 Å². The van der Waals surface area contributed by atoms with E-state index in [-0.39, 0.29) is 6.04 Å². The number of nitrogens with two attached hydrogens (primary N) is 1. The van der Waals surface area contributed by atoms with Crippen LogP contribution in [0.3, 0.4) is 0 Å². The van der Waals surface area contributed by atoms with Gasteiger partial charge >= 0.3 is 0 Å². The molecule has 2 aromatic carbocycles. The van der Waals surface area contributed by atoms with Crippen molar-refractivity contribution in [3.8, 4) is 0 Å². The Kier molecular flexibility index (Phi) is 3.05. The first-order valence-electron chi connectivity index (χ1n) is 6.32. The topological polar surface area (TPSA) is 63.4 Å². The summed E-state index contributed by atoms with van der Waals surface area (Å²) in [5.74, 6) is 0. The van der Waals surface area contributed by atoms with E-state index >= 15 is 0 Å². The lowest BCUT2D eigenvalue weighted by atomic mass is 10.1. The van der Waals surface area contributed by atoms with E-state index in [4.69, 9.17) is 5.73 Å². The highest BCUT2D eigenvalue weighted by Crippen LogP contribution is 2.24. The standard InChI is InChI=1S/C14H16N2O2S/c15-13-7-8-16(10-13)19(17,18)14-6-5-11-3-1-2-4-12(11)9-14/h1-6,9,13H,7-8,10,15H2/t13-/m0/s1. The number of sulfonamides is 1. The van der Waals surface area contributed by atoms with Crippen LogP contribution in [-0.2, 0) is 10.0 Å². The molecule has 5 heteroatoms. The average molecular weight is 276 g/mol. The van der Waals surface area contributed by atoms with Gasteiger partial charge in [-0.2, -0.15) is 4.31 Å². The molecule has 0 aliphatic carbocycles. The van der Waals surface area contributed by atoms with Crippen molar-refractivity contribution in [2.45, 2.75) is 17.4 Å². The molecule has 1 fully saturated rings. The van der Waals surface area contributed by atoms with Gasteiger partial charge in [0.1, 0.15) is 0 Å². The number of rotatable bonds is 2. The third-order valence-electron chi connectivity index (χ3n) is 3.55. The molecular weight excluding hydrogens is 260 g/mol. The first-order chi connectivity index (χ1) is 9.07. The number of hydrogen-bond acceptors (Lipinski definition) is 3. The number of nitrogens with zero attached hydrogens (tertiary/aromatic N) is 1. The molecule has 1 atom stereocenters. The summed E-state index contributed by atoms with van der Waals surface area (Å²) in [7, 11) is -3.41. The lowest BCUT2D eigenvalue weighted by Crippen LogP contribution is -2.31. The van der Waals surface area contributed by atoms with Gasteiger partial charge in [0.05, 0.1) is 4.90 Å². The summed E-state index contributed by atoms with van der Waals surface area (Å²) in [6, 6.07) is 12.9. The van der Waals surface area contributed by atoms with Crippen molar-refractivity contribution in [2.75, 3.05) is 13.1 Å². The summed E-state index contributed by atoms with van der Waals surface area (Å²) in [5.41, 5.74) is 5.78. The molecular formula is C14H16N2O2S. The van der Waals surface area contributed by atoms with Gasteiger partial charge in [0.25, 0.3) is 0 Å². The highest BCUT2D eigenvalue weighted by molar-refractivity contribution is 7.89. The van der Waals surface area contributed by atoms with Crippen molar-refractivity contribution in [2.24, 2.45) is 5.73 Å². The van der Waals surface area contributed by atoms with E-state index in [9.17, 15) is 8.42 Å². The second-order valence-electron chi connectivity index (χ2n) is 4.92. The Bertz CT molecular complexity index is 712. The summed E-state index contributed by atoms with van der Waals surface area (Å²) in [5, 5.41) is 1.98. The lowest BCUT2D eigenvalue weighted by Gasteiger charge is -2.16. The van der Waals surface area contributed by atoms with E-state index in [1.807, 2.05) is 30.3 Å². The van der Waals surface area contributed by atoms with Gasteiger partial charge in [0.15, 0.2) is 0 Å². The van der Waals surface area contributed by atoms with Crippen LogP contribution in [0.5, 0.6) is 0 Å². The molecule has 1 saturated heterocycles. The number of benzene rings is 2. The molecule has 1 heterocycles. The summed E-state index contributed by atoms with van der Waals surface area (Å²) in [6.45, 7) is 0.922. The van der Waals surface area contributed by atoms with Crippen LogP contribution in [0.4, 0.5) is 0 Å². The molecule has 0 unspecified atom stereocenters. The Labute approximate surface area is 112 Å². The monoisotopic (exact) mass is 276 g/mol. The van der Waals surface area contributed by atoms with Gasteiger partial charge < -0.3 is 5.73 Å². The zero-order chi connectivity index (χ0) is 13.5. The third-order valence-corrected chi connectivity index (χ3v) is 5.41. The van der Waals surface area contributed by atoms with Gasteiger partial charge in [-0.15, -0.1) is 0 Å². The van der Waals surface area contributed by atoms with E-state index in [0.29, 0.717) is 18.0 Å². The summed E-state index contributed by atoms with van der Waals surface area (Å²) in [4.78, 5) is 0.348. The van der Waals surface area contributed by atoms with Crippen LogP contribution in [0.15, 0.2) is 47.4 Å². The van der Waals surface area contributed by atoms with Crippen LogP contribution < -0.4 is 5.73 Å².